The highest BCUT2D eigenvalue weighted by Crippen LogP contribution is 2.43. The van der Waals surface area contributed by atoms with Gasteiger partial charge >= 0.3 is 5.97 Å². The van der Waals surface area contributed by atoms with E-state index in [9.17, 15) is 14.7 Å². The molecule has 2 N–H and O–H groups in total. The fraction of sp³-hybridized carbons (Fsp3) is 0.529. The minimum atomic E-state index is -0.941. The molecule has 0 heterocycles. The molecular formula is C17H21NO3. The Morgan fingerprint density at radius 1 is 1.00 bits per heavy atom. The molecule has 112 valence electrons. The zero-order chi connectivity index (χ0) is 14.8. The number of carboxylic acids is 1. The summed E-state index contributed by atoms with van der Waals surface area (Å²) in [5, 5.41) is 12.4. The molecule has 21 heavy (non-hydrogen) atoms. The van der Waals surface area contributed by atoms with Crippen molar-refractivity contribution in [1.29, 1.82) is 0 Å². The summed E-state index contributed by atoms with van der Waals surface area (Å²) in [4.78, 5) is 23.9. The van der Waals surface area contributed by atoms with Crippen LogP contribution >= 0.6 is 0 Å². The zero-order valence-electron chi connectivity index (χ0n) is 12.1. The lowest BCUT2D eigenvalue weighted by atomic mass is 9.93. The maximum Gasteiger partial charge on any atom is 0.335 e. The van der Waals surface area contributed by atoms with E-state index in [-0.39, 0.29) is 23.4 Å². The zero-order valence-corrected chi connectivity index (χ0v) is 12.1. The summed E-state index contributed by atoms with van der Waals surface area (Å²) >= 11 is 0. The van der Waals surface area contributed by atoms with Crippen LogP contribution in [0.1, 0.15) is 77.1 Å². The number of amides is 1. The van der Waals surface area contributed by atoms with Crippen LogP contribution < -0.4 is 5.32 Å². The number of benzene rings is 1. The third-order valence-corrected chi connectivity index (χ3v) is 4.51. The molecule has 0 radical (unpaired) electrons. The first-order chi connectivity index (χ1) is 10.2. The third-order valence-electron chi connectivity index (χ3n) is 4.51. The van der Waals surface area contributed by atoms with Crippen LogP contribution in [0.2, 0.25) is 0 Å². The highest BCUT2D eigenvalue weighted by Gasteiger charge is 2.32. The molecule has 4 heteroatoms. The highest BCUT2D eigenvalue weighted by molar-refractivity contribution is 6.00. The maximum absolute atomic E-state index is 12.5. The molecule has 2 saturated carbocycles. The predicted octanol–water partition coefficient (Wildman–Crippen LogP) is 3.32. The standard InChI is InChI=1S/C17H21NO3/c19-16(18-12-5-2-1-3-6-12)13-7-4-8-14(17(20)21)15(13)11-9-10-11/h4,7-8,11-12H,1-3,5-6,9-10H2,(H,18,19)(H,20,21). The van der Waals surface area contributed by atoms with Gasteiger partial charge in [-0.25, -0.2) is 4.79 Å². The number of hydrogen-bond acceptors (Lipinski definition) is 2. The molecule has 0 aliphatic heterocycles. The van der Waals surface area contributed by atoms with Gasteiger partial charge in [-0.1, -0.05) is 25.3 Å². The van der Waals surface area contributed by atoms with Crippen molar-refractivity contribution in [2.45, 2.75) is 56.9 Å². The number of carboxylic acid groups (broad SMARTS) is 1. The molecule has 1 aromatic rings. The number of rotatable bonds is 4. The second kappa shape index (κ2) is 5.88. The van der Waals surface area contributed by atoms with Crippen LogP contribution in [0.4, 0.5) is 0 Å². The first kappa shape index (κ1) is 14.1. The number of carbonyl (C=O) groups is 2. The number of aromatic carboxylic acids is 1. The van der Waals surface area contributed by atoms with Gasteiger partial charge in [-0.3, -0.25) is 4.79 Å². The van der Waals surface area contributed by atoms with Gasteiger partial charge in [0.1, 0.15) is 0 Å². The van der Waals surface area contributed by atoms with Crippen molar-refractivity contribution < 1.29 is 14.7 Å². The van der Waals surface area contributed by atoms with Crippen molar-refractivity contribution in [2.75, 3.05) is 0 Å². The Morgan fingerprint density at radius 2 is 1.67 bits per heavy atom. The van der Waals surface area contributed by atoms with Gasteiger partial charge in [0.25, 0.3) is 5.91 Å². The number of nitrogens with one attached hydrogen (secondary N) is 1. The molecule has 2 fully saturated rings. The van der Waals surface area contributed by atoms with Crippen LogP contribution in [0.15, 0.2) is 18.2 Å². The molecule has 3 rings (SSSR count). The predicted molar refractivity (Wildman–Crippen MR) is 79.7 cm³/mol. The van der Waals surface area contributed by atoms with E-state index in [1.807, 2.05) is 0 Å². The second-order valence-electron chi connectivity index (χ2n) is 6.15. The molecule has 1 aromatic carbocycles. The molecule has 2 aliphatic rings. The lowest BCUT2D eigenvalue weighted by molar-refractivity contribution is 0.0695. The summed E-state index contributed by atoms with van der Waals surface area (Å²) in [6.45, 7) is 0. The van der Waals surface area contributed by atoms with E-state index in [0.717, 1.165) is 44.1 Å². The smallest absolute Gasteiger partial charge is 0.335 e. The molecule has 0 spiro atoms. The van der Waals surface area contributed by atoms with Crippen molar-refractivity contribution in [3.63, 3.8) is 0 Å². The second-order valence-corrected chi connectivity index (χ2v) is 6.15. The Morgan fingerprint density at radius 3 is 2.29 bits per heavy atom. The number of carbonyl (C=O) groups excluding carboxylic acids is 1. The van der Waals surface area contributed by atoms with Crippen molar-refractivity contribution in [3.05, 3.63) is 34.9 Å². The summed E-state index contributed by atoms with van der Waals surface area (Å²) in [6.07, 6.45) is 7.59. The van der Waals surface area contributed by atoms with Gasteiger partial charge in [0, 0.05) is 11.6 Å². The highest BCUT2D eigenvalue weighted by atomic mass is 16.4. The van der Waals surface area contributed by atoms with Gasteiger partial charge in [-0.15, -0.1) is 0 Å². The van der Waals surface area contributed by atoms with Gasteiger partial charge in [-0.2, -0.15) is 0 Å². The topological polar surface area (TPSA) is 66.4 Å². The van der Waals surface area contributed by atoms with Gasteiger partial charge in [0.2, 0.25) is 0 Å². The molecule has 0 bridgehead atoms. The van der Waals surface area contributed by atoms with Crippen LogP contribution in [0.25, 0.3) is 0 Å². The minimum absolute atomic E-state index is 0.105. The average molecular weight is 287 g/mol. The van der Waals surface area contributed by atoms with Crippen molar-refractivity contribution >= 4 is 11.9 Å². The Hall–Kier alpha value is -1.84. The van der Waals surface area contributed by atoms with E-state index < -0.39 is 5.97 Å². The SMILES string of the molecule is O=C(O)c1cccc(C(=O)NC2CCCCC2)c1C1CC1. The molecule has 2 aliphatic carbocycles. The van der Waals surface area contributed by atoms with Crippen LogP contribution in [0.3, 0.4) is 0 Å². The van der Waals surface area contributed by atoms with Crippen molar-refractivity contribution in [2.24, 2.45) is 0 Å². The quantitative estimate of drug-likeness (QED) is 0.892. The molecule has 1 amide bonds. The monoisotopic (exact) mass is 287 g/mol. The van der Waals surface area contributed by atoms with E-state index in [1.54, 1.807) is 18.2 Å². The number of hydrogen-bond donors (Lipinski definition) is 2. The molecular weight excluding hydrogens is 266 g/mol. The van der Waals surface area contributed by atoms with Crippen molar-refractivity contribution in [1.82, 2.24) is 5.32 Å². The fourth-order valence-corrected chi connectivity index (χ4v) is 3.27. The first-order valence-electron chi connectivity index (χ1n) is 7.84. The van der Waals surface area contributed by atoms with Gasteiger partial charge in [0.05, 0.1) is 5.56 Å². The van der Waals surface area contributed by atoms with E-state index in [1.165, 1.54) is 6.42 Å². The lowest BCUT2D eigenvalue weighted by Gasteiger charge is -2.23. The first-order valence-corrected chi connectivity index (χ1v) is 7.84. The Labute approximate surface area is 124 Å². The summed E-state index contributed by atoms with van der Waals surface area (Å²) in [7, 11) is 0. The maximum atomic E-state index is 12.5. The largest absolute Gasteiger partial charge is 0.478 e. The summed E-state index contributed by atoms with van der Waals surface area (Å²) in [6, 6.07) is 5.28. The van der Waals surface area contributed by atoms with Crippen LogP contribution in [-0.2, 0) is 0 Å². The average Bonchev–Trinajstić information content (AvgIpc) is 3.32. The summed E-state index contributed by atoms with van der Waals surface area (Å²) < 4.78 is 0. The molecule has 0 aromatic heterocycles. The Balaban J connectivity index is 1.85. The Kier molecular flexibility index (Phi) is 3.95. The van der Waals surface area contributed by atoms with Gasteiger partial charge in [0.15, 0.2) is 0 Å². The minimum Gasteiger partial charge on any atom is -0.478 e. The van der Waals surface area contributed by atoms with Gasteiger partial charge < -0.3 is 10.4 Å². The van der Waals surface area contributed by atoms with Crippen LogP contribution in [0.5, 0.6) is 0 Å². The molecule has 0 saturated heterocycles. The molecule has 0 unspecified atom stereocenters. The molecule has 0 atom stereocenters. The van der Waals surface area contributed by atoms with E-state index in [0.29, 0.717) is 5.56 Å². The van der Waals surface area contributed by atoms with E-state index in [4.69, 9.17) is 0 Å². The van der Waals surface area contributed by atoms with Crippen LogP contribution in [0, 0.1) is 0 Å². The summed E-state index contributed by atoms with van der Waals surface area (Å²) in [5.74, 6) is -0.805. The Bertz CT molecular complexity index is 557. The summed E-state index contributed by atoms with van der Waals surface area (Å²) in [5.41, 5.74) is 1.58. The molecule has 4 nitrogen and oxygen atoms in total. The lowest BCUT2D eigenvalue weighted by Crippen LogP contribution is -2.36. The van der Waals surface area contributed by atoms with E-state index in [2.05, 4.69) is 5.32 Å². The third kappa shape index (κ3) is 3.09. The normalized spacial score (nSPS) is 19.2. The van der Waals surface area contributed by atoms with Gasteiger partial charge in [-0.05, 0) is 49.3 Å². The van der Waals surface area contributed by atoms with E-state index >= 15 is 0 Å². The van der Waals surface area contributed by atoms with Crippen molar-refractivity contribution in [3.8, 4) is 0 Å². The fourth-order valence-electron chi connectivity index (χ4n) is 3.27. The van der Waals surface area contributed by atoms with Crippen LogP contribution in [-0.4, -0.2) is 23.0 Å².